The molecule has 1 aromatic carbocycles. The van der Waals surface area contributed by atoms with Gasteiger partial charge in [0, 0.05) is 24.0 Å². The van der Waals surface area contributed by atoms with Crippen LogP contribution in [0.25, 0.3) is 0 Å². The monoisotopic (exact) mass is 295 g/mol. The lowest BCUT2D eigenvalue weighted by Gasteiger charge is -2.34. The Morgan fingerprint density at radius 3 is 2.85 bits per heavy atom. The van der Waals surface area contributed by atoms with E-state index < -0.39 is 0 Å². The first-order chi connectivity index (χ1) is 9.47. The highest BCUT2D eigenvalue weighted by Gasteiger charge is 2.27. The molecular formula is C16H22ClNO2. The highest BCUT2D eigenvalue weighted by atomic mass is 35.5. The summed E-state index contributed by atoms with van der Waals surface area (Å²) in [5.41, 5.74) is 0.684. The fourth-order valence-corrected chi connectivity index (χ4v) is 2.64. The molecule has 1 fully saturated rings. The summed E-state index contributed by atoms with van der Waals surface area (Å²) < 4.78 is 5.64. The first-order valence-electron chi connectivity index (χ1n) is 7.17. The summed E-state index contributed by atoms with van der Waals surface area (Å²) >= 11 is 6.21. The molecule has 2 unspecified atom stereocenters. The van der Waals surface area contributed by atoms with Gasteiger partial charge in [-0.25, -0.2) is 0 Å². The summed E-state index contributed by atoms with van der Waals surface area (Å²) in [7, 11) is 0. The standard InChI is InChI=1S/C16H22ClNO2/c1-11(2)20-14-6-4-5-13(9-14)16(19)18-8-7-15(17)12(3)10-18/h4-6,9,11-12,15H,7-8,10H2,1-3H3. The van der Waals surface area contributed by atoms with Gasteiger partial charge in [0.1, 0.15) is 5.75 Å². The van der Waals surface area contributed by atoms with Crippen molar-refractivity contribution in [2.45, 2.75) is 38.7 Å². The molecule has 0 aromatic heterocycles. The van der Waals surface area contributed by atoms with Gasteiger partial charge >= 0.3 is 0 Å². The third-order valence-electron chi connectivity index (χ3n) is 3.54. The maximum atomic E-state index is 12.5. The summed E-state index contributed by atoms with van der Waals surface area (Å²) in [5, 5.41) is 0.176. The molecule has 0 radical (unpaired) electrons. The predicted octanol–water partition coefficient (Wildman–Crippen LogP) is 3.56. The molecule has 110 valence electrons. The van der Waals surface area contributed by atoms with Crippen molar-refractivity contribution >= 4 is 17.5 Å². The molecule has 1 saturated heterocycles. The number of amides is 1. The molecular weight excluding hydrogens is 274 g/mol. The summed E-state index contributed by atoms with van der Waals surface area (Å²) in [5.74, 6) is 1.14. The van der Waals surface area contributed by atoms with Crippen molar-refractivity contribution in [3.8, 4) is 5.75 Å². The van der Waals surface area contributed by atoms with Gasteiger partial charge in [0.05, 0.1) is 6.10 Å². The Hall–Kier alpha value is -1.22. The van der Waals surface area contributed by atoms with E-state index in [2.05, 4.69) is 6.92 Å². The molecule has 20 heavy (non-hydrogen) atoms. The lowest BCUT2D eigenvalue weighted by Crippen LogP contribution is -2.43. The molecule has 0 N–H and O–H groups in total. The van der Waals surface area contributed by atoms with Gasteiger partial charge in [-0.15, -0.1) is 11.6 Å². The van der Waals surface area contributed by atoms with E-state index in [9.17, 15) is 4.79 Å². The van der Waals surface area contributed by atoms with Gasteiger partial charge in [-0.3, -0.25) is 4.79 Å². The minimum atomic E-state index is 0.0645. The fourth-order valence-electron chi connectivity index (χ4n) is 2.46. The third-order valence-corrected chi connectivity index (χ3v) is 4.19. The summed E-state index contributed by atoms with van der Waals surface area (Å²) in [4.78, 5) is 14.4. The number of halogens is 1. The third kappa shape index (κ3) is 3.66. The summed E-state index contributed by atoms with van der Waals surface area (Å²) in [6.07, 6.45) is 0.962. The normalized spacial score (nSPS) is 22.9. The number of benzene rings is 1. The van der Waals surface area contributed by atoms with Crippen LogP contribution in [0.1, 0.15) is 37.6 Å². The Bertz CT molecular complexity index is 475. The van der Waals surface area contributed by atoms with Crippen molar-refractivity contribution in [2.75, 3.05) is 13.1 Å². The van der Waals surface area contributed by atoms with Crippen molar-refractivity contribution in [2.24, 2.45) is 5.92 Å². The molecule has 1 heterocycles. The number of piperidine rings is 1. The van der Waals surface area contributed by atoms with Crippen molar-refractivity contribution in [3.63, 3.8) is 0 Å². The Morgan fingerprint density at radius 1 is 1.45 bits per heavy atom. The number of ether oxygens (including phenoxy) is 1. The Labute approximate surface area is 125 Å². The number of alkyl halides is 1. The minimum absolute atomic E-state index is 0.0645. The molecule has 1 aromatic rings. The number of likely N-dealkylation sites (tertiary alicyclic amines) is 1. The lowest BCUT2D eigenvalue weighted by molar-refractivity contribution is 0.0686. The van der Waals surface area contributed by atoms with Crippen LogP contribution in [0.4, 0.5) is 0 Å². The van der Waals surface area contributed by atoms with Gasteiger partial charge in [-0.2, -0.15) is 0 Å². The number of carbonyl (C=O) groups is 1. The second-order valence-electron chi connectivity index (χ2n) is 5.73. The van der Waals surface area contributed by atoms with E-state index in [1.54, 1.807) is 0 Å². The van der Waals surface area contributed by atoms with Crippen LogP contribution < -0.4 is 4.74 Å². The van der Waals surface area contributed by atoms with Crippen LogP contribution in [-0.2, 0) is 0 Å². The van der Waals surface area contributed by atoms with Crippen LogP contribution in [0, 0.1) is 5.92 Å². The minimum Gasteiger partial charge on any atom is -0.491 e. The largest absolute Gasteiger partial charge is 0.491 e. The molecule has 1 aliphatic rings. The van der Waals surface area contributed by atoms with Crippen LogP contribution in [0.15, 0.2) is 24.3 Å². The fraction of sp³-hybridized carbons (Fsp3) is 0.562. The van der Waals surface area contributed by atoms with Crippen LogP contribution in [-0.4, -0.2) is 35.4 Å². The lowest BCUT2D eigenvalue weighted by atomic mass is 9.99. The van der Waals surface area contributed by atoms with Crippen molar-refractivity contribution in [1.82, 2.24) is 4.90 Å². The molecule has 1 aliphatic heterocycles. The maximum Gasteiger partial charge on any atom is 0.253 e. The summed E-state index contributed by atoms with van der Waals surface area (Å²) in [6.45, 7) is 7.49. The first-order valence-corrected chi connectivity index (χ1v) is 7.61. The second kappa shape index (κ2) is 6.49. The van der Waals surface area contributed by atoms with Crippen LogP contribution >= 0.6 is 11.6 Å². The van der Waals surface area contributed by atoms with Crippen molar-refractivity contribution in [3.05, 3.63) is 29.8 Å². The zero-order valence-corrected chi connectivity index (χ0v) is 13.1. The highest BCUT2D eigenvalue weighted by Crippen LogP contribution is 2.24. The van der Waals surface area contributed by atoms with Crippen LogP contribution in [0.2, 0.25) is 0 Å². The molecule has 2 rings (SSSR count). The van der Waals surface area contributed by atoms with E-state index in [0.717, 1.165) is 25.3 Å². The van der Waals surface area contributed by atoms with E-state index in [0.29, 0.717) is 11.5 Å². The molecule has 0 spiro atoms. The molecule has 1 amide bonds. The Balaban J connectivity index is 2.09. The Kier molecular flexibility index (Phi) is 4.92. The van der Waals surface area contributed by atoms with Gasteiger partial charge in [-0.1, -0.05) is 13.0 Å². The smallest absolute Gasteiger partial charge is 0.253 e. The van der Waals surface area contributed by atoms with Gasteiger partial charge in [0.2, 0.25) is 0 Å². The molecule has 0 bridgehead atoms. The van der Waals surface area contributed by atoms with E-state index >= 15 is 0 Å². The van der Waals surface area contributed by atoms with Crippen LogP contribution in [0.5, 0.6) is 5.75 Å². The number of rotatable bonds is 3. The number of hydrogen-bond donors (Lipinski definition) is 0. The van der Waals surface area contributed by atoms with E-state index in [4.69, 9.17) is 16.3 Å². The second-order valence-corrected chi connectivity index (χ2v) is 6.29. The molecule has 2 atom stereocenters. The number of nitrogens with zero attached hydrogens (tertiary/aromatic N) is 1. The molecule has 4 heteroatoms. The highest BCUT2D eigenvalue weighted by molar-refractivity contribution is 6.20. The average Bonchev–Trinajstić information content (AvgIpc) is 2.40. The van der Waals surface area contributed by atoms with Crippen LogP contribution in [0.3, 0.4) is 0 Å². The van der Waals surface area contributed by atoms with E-state index in [-0.39, 0.29) is 17.4 Å². The summed E-state index contributed by atoms with van der Waals surface area (Å²) in [6, 6.07) is 7.40. The topological polar surface area (TPSA) is 29.5 Å². The zero-order valence-electron chi connectivity index (χ0n) is 12.3. The van der Waals surface area contributed by atoms with Gasteiger partial charge < -0.3 is 9.64 Å². The van der Waals surface area contributed by atoms with E-state index in [1.807, 2.05) is 43.0 Å². The molecule has 0 aliphatic carbocycles. The SMILES string of the molecule is CC(C)Oc1cccc(C(=O)N2CCC(Cl)C(C)C2)c1. The van der Waals surface area contributed by atoms with Gasteiger partial charge in [0.25, 0.3) is 5.91 Å². The van der Waals surface area contributed by atoms with Crippen molar-refractivity contribution < 1.29 is 9.53 Å². The van der Waals surface area contributed by atoms with Gasteiger partial charge in [0.15, 0.2) is 0 Å². The van der Waals surface area contributed by atoms with Gasteiger partial charge in [-0.05, 0) is 44.4 Å². The predicted molar refractivity (Wildman–Crippen MR) is 81.5 cm³/mol. The maximum absolute atomic E-state index is 12.5. The van der Waals surface area contributed by atoms with Crippen molar-refractivity contribution in [1.29, 1.82) is 0 Å². The number of hydrogen-bond acceptors (Lipinski definition) is 2. The number of carbonyl (C=O) groups excluding carboxylic acids is 1. The molecule has 3 nitrogen and oxygen atoms in total. The first kappa shape index (κ1) is 15.2. The zero-order chi connectivity index (χ0) is 14.7. The Morgan fingerprint density at radius 2 is 2.20 bits per heavy atom. The molecule has 0 saturated carbocycles. The van der Waals surface area contributed by atoms with E-state index in [1.165, 1.54) is 0 Å². The quantitative estimate of drug-likeness (QED) is 0.798. The average molecular weight is 296 g/mol.